The first-order valence-corrected chi connectivity index (χ1v) is 9.50. The summed E-state index contributed by atoms with van der Waals surface area (Å²) in [5, 5.41) is 14.0. The molecule has 2 heterocycles. The highest BCUT2D eigenvalue weighted by Gasteiger charge is 2.32. The Balaban J connectivity index is 1.85. The lowest BCUT2D eigenvalue weighted by molar-refractivity contribution is -0.385. The Morgan fingerprint density at radius 1 is 1.37 bits per heavy atom. The molecule has 1 fully saturated rings. The Labute approximate surface area is 163 Å². The summed E-state index contributed by atoms with van der Waals surface area (Å²) in [4.78, 5) is 33.7. The number of nitro groups is 1. The minimum Gasteiger partial charge on any atom is -0.282 e. The maximum absolute atomic E-state index is 12.6. The fourth-order valence-corrected chi connectivity index (χ4v) is 3.79. The second kappa shape index (κ2) is 8.56. The van der Waals surface area contributed by atoms with Crippen molar-refractivity contribution in [2.24, 2.45) is 4.99 Å². The van der Waals surface area contributed by atoms with Gasteiger partial charge in [-0.3, -0.25) is 19.8 Å². The number of para-hydroxylation sites is 1. The molecule has 0 radical (unpaired) electrons. The van der Waals surface area contributed by atoms with E-state index in [9.17, 15) is 14.9 Å². The molecular formula is C18H14N4O3S2. The van der Waals surface area contributed by atoms with Crippen molar-refractivity contribution in [2.45, 2.75) is 0 Å². The van der Waals surface area contributed by atoms with Gasteiger partial charge in [-0.1, -0.05) is 24.3 Å². The van der Waals surface area contributed by atoms with E-state index in [1.165, 1.54) is 34.1 Å². The van der Waals surface area contributed by atoms with Crippen LogP contribution in [0.15, 0.2) is 70.5 Å². The molecule has 7 nitrogen and oxygen atoms in total. The van der Waals surface area contributed by atoms with Crippen LogP contribution in [0.1, 0.15) is 5.56 Å². The van der Waals surface area contributed by atoms with Crippen molar-refractivity contribution in [3.8, 4) is 0 Å². The largest absolute Gasteiger partial charge is 0.282 e. The SMILES string of the molecule is C=CCN1C(=O)/C(=C/C=C/c2ccccc2[N+](=O)[O-])S/C1=N/c1nccs1. The monoisotopic (exact) mass is 398 g/mol. The van der Waals surface area contributed by atoms with Crippen LogP contribution in [0.5, 0.6) is 0 Å². The highest BCUT2D eigenvalue weighted by atomic mass is 32.2. The lowest BCUT2D eigenvalue weighted by Crippen LogP contribution is -2.29. The molecule has 1 aliphatic heterocycles. The Morgan fingerprint density at radius 2 is 2.19 bits per heavy atom. The van der Waals surface area contributed by atoms with Gasteiger partial charge in [0, 0.05) is 24.2 Å². The fourth-order valence-electron chi connectivity index (χ4n) is 2.28. The molecule has 1 saturated heterocycles. The van der Waals surface area contributed by atoms with E-state index in [2.05, 4.69) is 16.6 Å². The third kappa shape index (κ3) is 4.39. The lowest BCUT2D eigenvalue weighted by atomic mass is 10.1. The minimum absolute atomic E-state index is 0.0110. The molecule has 1 aromatic heterocycles. The highest BCUT2D eigenvalue weighted by Crippen LogP contribution is 2.33. The number of nitro benzene ring substituents is 1. The van der Waals surface area contributed by atoms with Gasteiger partial charge in [-0.2, -0.15) is 4.99 Å². The molecule has 0 saturated carbocycles. The molecule has 0 N–H and O–H groups in total. The molecule has 0 aliphatic carbocycles. The number of amidine groups is 1. The summed E-state index contributed by atoms with van der Waals surface area (Å²) in [6, 6.07) is 6.42. The molecule has 9 heteroatoms. The zero-order valence-electron chi connectivity index (χ0n) is 14.0. The second-order valence-corrected chi connectivity index (χ2v) is 7.10. The normalized spacial score (nSPS) is 17.3. The number of nitrogens with zero attached hydrogens (tertiary/aromatic N) is 4. The minimum atomic E-state index is -0.438. The fraction of sp³-hybridized carbons (Fsp3) is 0.0556. The van der Waals surface area contributed by atoms with Crippen molar-refractivity contribution in [2.75, 3.05) is 6.54 Å². The summed E-state index contributed by atoms with van der Waals surface area (Å²) in [7, 11) is 0. The van der Waals surface area contributed by atoms with Crippen molar-refractivity contribution >= 4 is 51.1 Å². The van der Waals surface area contributed by atoms with Crippen LogP contribution in [0, 0.1) is 10.1 Å². The van der Waals surface area contributed by atoms with Crippen LogP contribution in [0.2, 0.25) is 0 Å². The zero-order valence-corrected chi connectivity index (χ0v) is 15.7. The predicted octanol–water partition coefficient (Wildman–Crippen LogP) is 4.40. The third-order valence-corrected chi connectivity index (χ3v) is 5.16. The maximum atomic E-state index is 12.6. The third-order valence-electron chi connectivity index (χ3n) is 3.47. The smallest absolute Gasteiger partial charge is 0.276 e. The molecular weight excluding hydrogens is 384 g/mol. The van der Waals surface area contributed by atoms with Crippen molar-refractivity contribution < 1.29 is 9.72 Å². The van der Waals surface area contributed by atoms with E-state index in [4.69, 9.17) is 0 Å². The van der Waals surface area contributed by atoms with Crippen molar-refractivity contribution in [3.63, 3.8) is 0 Å². The van der Waals surface area contributed by atoms with Crippen LogP contribution in [0.3, 0.4) is 0 Å². The average Bonchev–Trinajstić information content (AvgIpc) is 3.26. The Hall–Kier alpha value is -3.04. The number of hydrogen-bond donors (Lipinski definition) is 0. The van der Waals surface area contributed by atoms with E-state index in [1.807, 2.05) is 5.38 Å². The standard InChI is InChI=1S/C18H14N4O3S2/c1-2-11-21-16(23)15(27-18(21)20-17-19-10-12-26-17)9-5-7-13-6-3-4-8-14(13)22(24)25/h2-10,12H,1,11H2/b7-5+,15-9-,20-18+. The summed E-state index contributed by atoms with van der Waals surface area (Å²) in [5.41, 5.74) is 0.478. The number of thiazole rings is 1. The molecule has 1 aromatic carbocycles. The summed E-state index contributed by atoms with van der Waals surface area (Å²) in [5.74, 6) is -0.192. The lowest BCUT2D eigenvalue weighted by Gasteiger charge is -2.11. The van der Waals surface area contributed by atoms with Gasteiger partial charge in [0.2, 0.25) is 5.13 Å². The van der Waals surface area contributed by atoms with Crippen LogP contribution < -0.4 is 0 Å². The molecule has 0 atom stereocenters. The van der Waals surface area contributed by atoms with E-state index >= 15 is 0 Å². The number of rotatable bonds is 6. The predicted molar refractivity (Wildman–Crippen MR) is 109 cm³/mol. The van der Waals surface area contributed by atoms with Crippen LogP contribution in [0.4, 0.5) is 10.8 Å². The molecule has 27 heavy (non-hydrogen) atoms. The number of carbonyl (C=O) groups excluding carboxylic acids is 1. The average molecular weight is 398 g/mol. The van der Waals surface area contributed by atoms with Gasteiger partial charge < -0.3 is 0 Å². The number of hydrogen-bond acceptors (Lipinski definition) is 7. The first-order chi connectivity index (χ1) is 13.1. The van der Waals surface area contributed by atoms with E-state index in [-0.39, 0.29) is 11.6 Å². The Morgan fingerprint density at radius 3 is 2.89 bits per heavy atom. The van der Waals surface area contributed by atoms with Gasteiger partial charge in [0.1, 0.15) is 0 Å². The first-order valence-electron chi connectivity index (χ1n) is 7.80. The second-order valence-electron chi connectivity index (χ2n) is 5.22. The zero-order chi connectivity index (χ0) is 19.2. The summed E-state index contributed by atoms with van der Waals surface area (Å²) < 4.78 is 0. The maximum Gasteiger partial charge on any atom is 0.276 e. The number of allylic oxidation sites excluding steroid dienone is 2. The molecule has 0 spiro atoms. The quantitative estimate of drug-likeness (QED) is 0.311. The molecule has 0 bridgehead atoms. The molecule has 136 valence electrons. The van der Waals surface area contributed by atoms with Crippen LogP contribution in [-0.2, 0) is 4.79 Å². The van der Waals surface area contributed by atoms with Crippen LogP contribution >= 0.6 is 23.1 Å². The van der Waals surface area contributed by atoms with E-state index in [1.54, 1.807) is 48.7 Å². The van der Waals surface area contributed by atoms with E-state index in [0.29, 0.717) is 27.3 Å². The molecule has 1 amide bonds. The number of aromatic nitrogens is 1. The van der Waals surface area contributed by atoms with Crippen molar-refractivity contribution in [1.29, 1.82) is 0 Å². The van der Waals surface area contributed by atoms with Gasteiger partial charge in [0.25, 0.3) is 11.6 Å². The number of benzene rings is 1. The Bertz CT molecular complexity index is 965. The van der Waals surface area contributed by atoms with Gasteiger partial charge >= 0.3 is 0 Å². The van der Waals surface area contributed by atoms with Crippen molar-refractivity contribution in [1.82, 2.24) is 9.88 Å². The molecule has 3 rings (SSSR count). The van der Waals surface area contributed by atoms with Gasteiger partial charge in [-0.05, 0) is 30.0 Å². The number of thioether (sulfide) groups is 1. The summed E-state index contributed by atoms with van der Waals surface area (Å²) in [6.45, 7) is 4.01. The van der Waals surface area contributed by atoms with Gasteiger partial charge in [-0.25, -0.2) is 4.98 Å². The van der Waals surface area contributed by atoms with E-state index in [0.717, 1.165) is 0 Å². The topological polar surface area (TPSA) is 88.7 Å². The number of aliphatic imine (C=N–C) groups is 1. The van der Waals surface area contributed by atoms with Crippen LogP contribution in [0.25, 0.3) is 6.08 Å². The van der Waals surface area contributed by atoms with Gasteiger partial charge in [0.15, 0.2) is 5.17 Å². The Kier molecular flexibility index (Phi) is 5.94. The first kappa shape index (κ1) is 18.7. The summed E-state index contributed by atoms with van der Waals surface area (Å²) in [6.07, 6.45) is 8.13. The van der Waals surface area contributed by atoms with Crippen molar-refractivity contribution in [3.05, 3.63) is 81.2 Å². The molecule has 1 aliphatic rings. The van der Waals surface area contributed by atoms with Gasteiger partial charge in [-0.15, -0.1) is 17.9 Å². The summed E-state index contributed by atoms with van der Waals surface area (Å²) >= 11 is 2.61. The molecule has 2 aromatic rings. The number of amides is 1. The highest BCUT2D eigenvalue weighted by molar-refractivity contribution is 8.18. The van der Waals surface area contributed by atoms with Gasteiger partial charge in [0.05, 0.1) is 15.4 Å². The van der Waals surface area contributed by atoms with E-state index < -0.39 is 4.92 Å². The van der Waals surface area contributed by atoms with Crippen LogP contribution in [-0.4, -0.2) is 32.4 Å². The molecule has 0 unspecified atom stereocenters. The number of carbonyl (C=O) groups is 1.